The first-order chi connectivity index (χ1) is 8.52. The summed E-state index contributed by atoms with van der Waals surface area (Å²) in [5.74, 6) is 0. The van der Waals surface area contributed by atoms with Crippen molar-refractivity contribution in [3.8, 4) is 11.1 Å². The van der Waals surface area contributed by atoms with E-state index in [0.717, 1.165) is 16.7 Å². The number of nitrogens with two attached hydrogens (primary N) is 2. The Morgan fingerprint density at radius 3 is 2.16 bits per heavy atom. The Kier molecular flexibility index (Phi) is 5.08. The molecule has 102 valence electrons. The first kappa shape index (κ1) is 15.7. The van der Waals surface area contributed by atoms with E-state index in [9.17, 15) is 8.42 Å². The molecule has 0 saturated carbocycles. The molecular weight excluding hydrogens is 284 g/mol. The van der Waals surface area contributed by atoms with E-state index in [4.69, 9.17) is 10.9 Å². The van der Waals surface area contributed by atoms with Gasteiger partial charge in [-0.25, -0.2) is 13.6 Å². The second-order valence-corrected chi connectivity index (χ2v) is 5.50. The average molecular weight is 299 g/mol. The van der Waals surface area contributed by atoms with Gasteiger partial charge in [0.25, 0.3) is 0 Å². The summed E-state index contributed by atoms with van der Waals surface area (Å²) >= 11 is 0. The van der Waals surface area contributed by atoms with Gasteiger partial charge in [-0.15, -0.1) is 12.4 Å². The summed E-state index contributed by atoms with van der Waals surface area (Å²) < 4.78 is 22.6. The summed E-state index contributed by atoms with van der Waals surface area (Å²) in [4.78, 5) is 0.0858. The molecule has 0 heterocycles. The largest absolute Gasteiger partial charge is 0.326 e. The fourth-order valence-corrected chi connectivity index (χ4v) is 2.38. The van der Waals surface area contributed by atoms with E-state index in [0.29, 0.717) is 0 Å². The molecule has 0 spiro atoms. The lowest BCUT2D eigenvalue weighted by Crippen LogP contribution is -2.13. The van der Waals surface area contributed by atoms with Gasteiger partial charge in [0, 0.05) is 6.54 Å². The fraction of sp³-hybridized carbons (Fsp3) is 0.0769. The molecular formula is C13H15ClN2O2S. The molecule has 2 aromatic rings. The SMILES string of the molecule is Cl.NCc1cc(S(N)(=O)=O)ccc1-c1ccccc1. The quantitative estimate of drug-likeness (QED) is 0.907. The Labute approximate surface area is 118 Å². The van der Waals surface area contributed by atoms with Gasteiger partial charge in [0.05, 0.1) is 4.90 Å². The van der Waals surface area contributed by atoms with Crippen molar-refractivity contribution in [1.82, 2.24) is 0 Å². The monoisotopic (exact) mass is 298 g/mol. The second-order valence-electron chi connectivity index (χ2n) is 3.93. The van der Waals surface area contributed by atoms with E-state index in [1.165, 1.54) is 12.1 Å². The molecule has 4 nitrogen and oxygen atoms in total. The predicted molar refractivity (Wildman–Crippen MR) is 78.4 cm³/mol. The van der Waals surface area contributed by atoms with Gasteiger partial charge in [-0.05, 0) is 28.8 Å². The summed E-state index contributed by atoms with van der Waals surface area (Å²) in [6.45, 7) is 0.258. The van der Waals surface area contributed by atoms with Crippen LogP contribution in [0.3, 0.4) is 0 Å². The molecule has 6 heteroatoms. The lowest BCUT2D eigenvalue weighted by molar-refractivity contribution is 0.597. The Hall–Kier alpha value is -1.40. The van der Waals surface area contributed by atoms with Crippen LogP contribution >= 0.6 is 12.4 Å². The number of hydrogen-bond acceptors (Lipinski definition) is 3. The Balaban J connectivity index is 0.00000180. The highest BCUT2D eigenvalue weighted by atomic mass is 35.5. The molecule has 0 aliphatic heterocycles. The van der Waals surface area contributed by atoms with Crippen LogP contribution in [0, 0.1) is 0 Å². The lowest BCUT2D eigenvalue weighted by atomic mass is 10.00. The van der Waals surface area contributed by atoms with Gasteiger partial charge in [-0.2, -0.15) is 0 Å². The van der Waals surface area contributed by atoms with Crippen LogP contribution in [-0.4, -0.2) is 8.42 Å². The highest BCUT2D eigenvalue weighted by molar-refractivity contribution is 7.89. The molecule has 0 aliphatic carbocycles. The molecule has 0 fully saturated rings. The summed E-state index contributed by atoms with van der Waals surface area (Å²) in [5, 5.41) is 5.10. The molecule has 0 saturated heterocycles. The van der Waals surface area contributed by atoms with Crippen molar-refractivity contribution in [3.63, 3.8) is 0 Å². The van der Waals surface area contributed by atoms with E-state index in [1.807, 2.05) is 30.3 Å². The number of sulfonamides is 1. The van der Waals surface area contributed by atoms with Crippen LogP contribution < -0.4 is 10.9 Å². The van der Waals surface area contributed by atoms with Gasteiger partial charge in [0.2, 0.25) is 10.0 Å². The van der Waals surface area contributed by atoms with E-state index in [-0.39, 0.29) is 23.8 Å². The number of halogens is 1. The smallest absolute Gasteiger partial charge is 0.238 e. The maximum atomic E-state index is 11.3. The molecule has 0 atom stereocenters. The van der Waals surface area contributed by atoms with Gasteiger partial charge in [-0.3, -0.25) is 0 Å². The topological polar surface area (TPSA) is 86.2 Å². The summed E-state index contributed by atoms with van der Waals surface area (Å²) in [6.07, 6.45) is 0. The zero-order valence-electron chi connectivity index (χ0n) is 10.1. The van der Waals surface area contributed by atoms with E-state index < -0.39 is 10.0 Å². The molecule has 0 amide bonds. The number of rotatable bonds is 3. The van der Waals surface area contributed by atoms with Crippen molar-refractivity contribution in [3.05, 3.63) is 54.1 Å². The third kappa shape index (κ3) is 3.54. The maximum absolute atomic E-state index is 11.3. The van der Waals surface area contributed by atoms with Crippen LogP contribution in [0.25, 0.3) is 11.1 Å². The van der Waals surface area contributed by atoms with Gasteiger partial charge >= 0.3 is 0 Å². The van der Waals surface area contributed by atoms with Crippen LogP contribution in [0.5, 0.6) is 0 Å². The van der Waals surface area contributed by atoms with Crippen LogP contribution in [0.15, 0.2) is 53.4 Å². The molecule has 19 heavy (non-hydrogen) atoms. The maximum Gasteiger partial charge on any atom is 0.238 e. The Bertz CT molecular complexity index is 658. The van der Waals surface area contributed by atoms with Crippen molar-refractivity contribution in [1.29, 1.82) is 0 Å². The summed E-state index contributed by atoms with van der Waals surface area (Å²) in [7, 11) is -3.69. The first-order valence-electron chi connectivity index (χ1n) is 5.43. The third-order valence-corrected chi connectivity index (χ3v) is 3.62. The zero-order valence-corrected chi connectivity index (χ0v) is 11.7. The molecule has 0 aromatic heterocycles. The van der Waals surface area contributed by atoms with E-state index in [2.05, 4.69) is 0 Å². The second kappa shape index (κ2) is 6.16. The van der Waals surface area contributed by atoms with Crippen LogP contribution in [0.4, 0.5) is 0 Å². The molecule has 0 bridgehead atoms. The molecule has 2 rings (SSSR count). The van der Waals surface area contributed by atoms with Crippen molar-refractivity contribution < 1.29 is 8.42 Å². The van der Waals surface area contributed by atoms with Crippen molar-refractivity contribution in [2.45, 2.75) is 11.4 Å². The van der Waals surface area contributed by atoms with Crippen molar-refractivity contribution >= 4 is 22.4 Å². The van der Waals surface area contributed by atoms with Crippen molar-refractivity contribution in [2.24, 2.45) is 10.9 Å². The molecule has 2 aromatic carbocycles. The fourth-order valence-electron chi connectivity index (χ4n) is 1.82. The highest BCUT2D eigenvalue weighted by Crippen LogP contribution is 2.25. The zero-order chi connectivity index (χ0) is 13.2. The van der Waals surface area contributed by atoms with Crippen molar-refractivity contribution in [2.75, 3.05) is 0 Å². The summed E-state index contributed by atoms with van der Waals surface area (Å²) in [5.41, 5.74) is 8.34. The van der Waals surface area contributed by atoms with Gasteiger partial charge < -0.3 is 5.73 Å². The minimum Gasteiger partial charge on any atom is -0.326 e. The average Bonchev–Trinajstić information content (AvgIpc) is 2.38. The standard InChI is InChI=1S/C13H14N2O2S.ClH/c14-9-11-8-12(18(15,16)17)6-7-13(11)10-4-2-1-3-5-10;/h1-8H,9,14H2,(H2,15,16,17);1H. The lowest BCUT2D eigenvalue weighted by Gasteiger charge is -2.09. The van der Waals surface area contributed by atoms with Crippen LogP contribution in [0.1, 0.15) is 5.56 Å². The van der Waals surface area contributed by atoms with Gasteiger partial charge in [0.1, 0.15) is 0 Å². The predicted octanol–water partition coefficient (Wildman–Crippen LogP) is 1.88. The Morgan fingerprint density at radius 2 is 1.63 bits per heavy atom. The number of hydrogen-bond donors (Lipinski definition) is 2. The molecule has 0 unspecified atom stereocenters. The first-order valence-corrected chi connectivity index (χ1v) is 6.98. The molecule has 0 aliphatic rings. The van der Waals surface area contributed by atoms with E-state index >= 15 is 0 Å². The van der Waals surface area contributed by atoms with Crippen LogP contribution in [-0.2, 0) is 16.6 Å². The number of primary sulfonamides is 1. The highest BCUT2D eigenvalue weighted by Gasteiger charge is 2.11. The number of benzene rings is 2. The van der Waals surface area contributed by atoms with E-state index in [1.54, 1.807) is 6.07 Å². The molecule has 4 N–H and O–H groups in total. The Morgan fingerprint density at radius 1 is 1.00 bits per heavy atom. The molecule has 0 radical (unpaired) electrons. The van der Waals surface area contributed by atoms with Crippen LogP contribution in [0.2, 0.25) is 0 Å². The third-order valence-electron chi connectivity index (χ3n) is 2.71. The van der Waals surface area contributed by atoms with Gasteiger partial charge in [0.15, 0.2) is 0 Å². The summed E-state index contributed by atoms with van der Waals surface area (Å²) in [6, 6.07) is 14.4. The normalized spacial score (nSPS) is 10.8. The minimum atomic E-state index is -3.69. The van der Waals surface area contributed by atoms with Gasteiger partial charge in [-0.1, -0.05) is 36.4 Å². The minimum absolute atomic E-state index is 0.